The number of thioether (sulfide) groups is 1. The molecule has 13 nitrogen and oxygen atoms in total. The fraction of sp³-hybridized carbons (Fsp3) is 0.458. The number of methoxy groups -OCH3 is 2. The molecule has 2 heterocycles. The number of fused-ring (bicyclic) bond motifs is 1. The van der Waals surface area contributed by atoms with Gasteiger partial charge in [-0.25, -0.2) is 9.97 Å². The Morgan fingerprint density at radius 1 is 0.947 bits per heavy atom. The number of hydrogen-bond donors (Lipinski definition) is 3. The molecule has 0 unspecified atom stereocenters. The monoisotopic (exact) mass is 550 g/mol. The summed E-state index contributed by atoms with van der Waals surface area (Å²) in [6.45, 7) is 3.56. The zero-order chi connectivity index (χ0) is 27.3. The fourth-order valence-electron chi connectivity index (χ4n) is 3.36. The van der Waals surface area contributed by atoms with E-state index in [0.717, 1.165) is 0 Å². The molecule has 0 atom stereocenters. The van der Waals surface area contributed by atoms with Crippen molar-refractivity contribution < 1.29 is 33.2 Å². The summed E-state index contributed by atoms with van der Waals surface area (Å²) in [5.74, 6) is 1.29. The molecule has 3 rings (SSSR count). The molecule has 1 aromatic carbocycles. The molecule has 208 valence electrons. The summed E-state index contributed by atoms with van der Waals surface area (Å²) in [6, 6.07) is 5.25. The first-order chi connectivity index (χ1) is 18.5. The van der Waals surface area contributed by atoms with Crippen molar-refractivity contribution in [3.05, 3.63) is 30.1 Å². The number of aromatic nitrogens is 3. The number of hydrogen-bond acceptors (Lipinski definition) is 12. The van der Waals surface area contributed by atoms with Crippen molar-refractivity contribution in [2.75, 3.05) is 78.6 Å². The lowest BCUT2D eigenvalue weighted by Crippen LogP contribution is -2.15. The van der Waals surface area contributed by atoms with E-state index in [9.17, 15) is 4.79 Å². The first-order valence-corrected chi connectivity index (χ1v) is 13.1. The number of carbonyl (C=O) groups excluding carboxylic acids is 1. The second kappa shape index (κ2) is 15.2. The number of anilines is 2. The summed E-state index contributed by atoms with van der Waals surface area (Å²) in [6.07, 6.45) is 3.44. The Kier molecular flexibility index (Phi) is 11.7. The number of benzene rings is 1. The molecule has 0 aliphatic carbocycles. The van der Waals surface area contributed by atoms with Gasteiger partial charge in [-0.15, -0.1) is 0 Å². The van der Waals surface area contributed by atoms with Crippen LogP contribution in [0.1, 0.15) is 10.5 Å². The minimum Gasteiger partial charge on any atom is -0.493 e. The number of nitrogens with one attached hydrogen (secondary N) is 1. The molecule has 0 fully saturated rings. The second-order valence-corrected chi connectivity index (χ2v) is 8.43. The summed E-state index contributed by atoms with van der Waals surface area (Å²) < 4.78 is 34.9. The Bertz CT molecular complexity index is 1170. The van der Waals surface area contributed by atoms with Gasteiger partial charge in [0.1, 0.15) is 23.8 Å². The van der Waals surface area contributed by atoms with Crippen molar-refractivity contribution in [1.82, 2.24) is 14.4 Å². The SMILES string of the molecule is COc1cc(Nc2cc3nc(C(N)=O)cn3c(SC)n2)cc(OC)c1OCCOCCOCCOCCN. The zero-order valence-corrected chi connectivity index (χ0v) is 22.5. The Balaban J connectivity index is 1.60. The van der Waals surface area contributed by atoms with Gasteiger partial charge < -0.3 is 45.2 Å². The molecular weight excluding hydrogens is 516 g/mol. The molecule has 0 saturated carbocycles. The standard InChI is InChI=1S/C24H34N6O7S/c1-32-18-12-16(27-20-14-21-28-17(23(26)31)15-30(21)24(29-20)38-3)13-19(33-2)22(18)37-11-10-36-9-8-35-7-6-34-5-4-25/h12-15,27H,4-11,25H2,1-3H3,(H2,26,31). The van der Waals surface area contributed by atoms with E-state index >= 15 is 0 Å². The van der Waals surface area contributed by atoms with Crippen LogP contribution in [0.25, 0.3) is 5.65 Å². The Hall–Kier alpha value is -3.30. The molecule has 3 aromatic rings. The Labute approximate surface area is 225 Å². The van der Waals surface area contributed by atoms with Crippen LogP contribution in [-0.2, 0) is 14.2 Å². The van der Waals surface area contributed by atoms with E-state index in [-0.39, 0.29) is 12.3 Å². The van der Waals surface area contributed by atoms with E-state index < -0.39 is 5.91 Å². The van der Waals surface area contributed by atoms with E-state index in [2.05, 4.69) is 15.3 Å². The van der Waals surface area contributed by atoms with Gasteiger partial charge in [0.25, 0.3) is 5.91 Å². The molecule has 0 saturated heterocycles. The third-order valence-electron chi connectivity index (χ3n) is 5.07. The number of carbonyl (C=O) groups is 1. The summed E-state index contributed by atoms with van der Waals surface area (Å²) >= 11 is 1.41. The molecule has 38 heavy (non-hydrogen) atoms. The van der Waals surface area contributed by atoms with Gasteiger partial charge >= 0.3 is 0 Å². The van der Waals surface area contributed by atoms with Gasteiger partial charge in [-0.2, -0.15) is 0 Å². The maximum absolute atomic E-state index is 11.6. The summed E-state index contributed by atoms with van der Waals surface area (Å²) in [7, 11) is 3.09. The summed E-state index contributed by atoms with van der Waals surface area (Å²) in [5.41, 5.74) is 12.1. The van der Waals surface area contributed by atoms with Gasteiger partial charge in [0.2, 0.25) is 5.75 Å². The molecular formula is C24H34N6O7S. The van der Waals surface area contributed by atoms with E-state index in [1.807, 2.05) is 6.26 Å². The quantitative estimate of drug-likeness (QED) is 0.119. The third-order valence-corrected chi connectivity index (χ3v) is 5.72. The zero-order valence-electron chi connectivity index (χ0n) is 21.7. The molecule has 0 spiro atoms. The topological polar surface area (TPSA) is 167 Å². The van der Waals surface area contributed by atoms with Crippen molar-refractivity contribution in [3.63, 3.8) is 0 Å². The maximum atomic E-state index is 11.6. The number of rotatable bonds is 18. The molecule has 5 N–H and O–H groups in total. The first-order valence-electron chi connectivity index (χ1n) is 11.8. The highest BCUT2D eigenvalue weighted by molar-refractivity contribution is 7.98. The largest absolute Gasteiger partial charge is 0.493 e. The van der Waals surface area contributed by atoms with Gasteiger partial charge in [0.15, 0.2) is 16.7 Å². The van der Waals surface area contributed by atoms with E-state index in [1.165, 1.54) is 11.8 Å². The third kappa shape index (κ3) is 8.10. The Morgan fingerprint density at radius 2 is 1.55 bits per heavy atom. The summed E-state index contributed by atoms with van der Waals surface area (Å²) in [5, 5.41) is 3.87. The molecule has 0 aliphatic rings. The van der Waals surface area contributed by atoms with E-state index in [4.69, 9.17) is 39.9 Å². The van der Waals surface area contributed by atoms with Gasteiger partial charge in [-0.05, 0) is 6.26 Å². The van der Waals surface area contributed by atoms with Crippen LogP contribution in [0, 0.1) is 0 Å². The molecule has 0 bridgehead atoms. The smallest absolute Gasteiger partial charge is 0.268 e. The fourth-order valence-corrected chi connectivity index (χ4v) is 3.89. The van der Waals surface area contributed by atoms with Gasteiger partial charge in [-0.3, -0.25) is 9.20 Å². The minimum atomic E-state index is -0.608. The highest BCUT2D eigenvalue weighted by Gasteiger charge is 2.16. The number of ether oxygens (including phenoxy) is 6. The van der Waals surface area contributed by atoms with Crippen LogP contribution >= 0.6 is 11.8 Å². The number of nitrogens with two attached hydrogens (primary N) is 2. The van der Waals surface area contributed by atoms with Crippen LogP contribution in [0.4, 0.5) is 11.5 Å². The Morgan fingerprint density at radius 3 is 2.11 bits per heavy atom. The number of amides is 1. The van der Waals surface area contributed by atoms with Crippen molar-refractivity contribution in [1.29, 1.82) is 0 Å². The average molecular weight is 551 g/mol. The predicted octanol–water partition coefficient (Wildman–Crippen LogP) is 1.70. The van der Waals surface area contributed by atoms with E-state index in [1.54, 1.807) is 43.0 Å². The van der Waals surface area contributed by atoms with Gasteiger partial charge in [-0.1, -0.05) is 11.8 Å². The highest BCUT2D eigenvalue weighted by Crippen LogP contribution is 2.41. The average Bonchev–Trinajstić information content (AvgIpc) is 3.36. The molecule has 0 aliphatic heterocycles. The van der Waals surface area contributed by atoms with Crippen molar-refractivity contribution in [3.8, 4) is 17.2 Å². The number of primary amides is 1. The first kappa shape index (κ1) is 29.3. The molecule has 14 heteroatoms. The van der Waals surface area contributed by atoms with Gasteiger partial charge in [0, 0.05) is 36.6 Å². The number of imidazole rings is 1. The van der Waals surface area contributed by atoms with Crippen LogP contribution in [0.5, 0.6) is 17.2 Å². The second-order valence-electron chi connectivity index (χ2n) is 7.66. The van der Waals surface area contributed by atoms with Crippen molar-refractivity contribution in [2.24, 2.45) is 11.5 Å². The lowest BCUT2D eigenvalue weighted by atomic mass is 10.2. The van der Waals surface area contributed by atoms with Crippen LogP contribution in [0.15, 0.2) is 29.6 Å². The highest BCUT2D eigenvalue weighted by atomic mass is 32.2. The van der Waals surface area contributed by atoms with Crippen LogP contribution < -0.4 is 31.0 Å². The predicted molar refractivity (Wildman–Crippen MR) is 143 cm³/mol. The van der Waals surface area contributed by atoms with Crippen molar-refractivity contribution in [2.45, 2.75) is 5.16 Å². The molecule has 1 amide bonds. The van der Waals surface area contributed by atoms with E-state index in [0.29, 0.717) is 85.7 Å². The summed E-state index contributed by atoms with van der Waals surface area (Å²) in [4.78, 5) is 20.4. The molecule has 2 aromatic heterocycles. The lowest BCUT2D eigenvalue weighted by Gasteiger charge is -2.17. The molecule has 0 radical (unpaired) electrons. The van der Waals surface area contributed by atoms with Gasteiger partial charge in [0.05, 0.1) is 53.9 Å². The number of nitrogens with zero attached hydrogens (tertiary/aromatic N) is 3. The van der Waals surface area contributed by atoms with Crippen molar-refractivity contribution >= 4 is 34.8 Å². The van der Waals surface area contributed by atoms with Crippen LogP contribution in [0.3, 0.4) is 0 Å². The van der Waals surface area contributed by atoms with Crippen LogP contribution in [0.2, 0.25) is 0 Å². The lowest BCUT2D eigenvalue weighted by molar-refractivity contribution is 0.0103. The normalized spacial score (nSPS) is 11.1. The minimum absolute atomic E-state index is 0.161. The van der Waals surface area contributed by atoms with Crippen LogP contribution in [-0.4, -0.2) is 93.5 Å². The maximum Gasteiger partial charge on any atom is 0.268 e.